The van der Waals surface area contributed by atoms with Gasteiger partial charge in [0.2, 0.25) is 0 Å². The summed E-state index contributed by atoms with van der Waals surface area (Å²) in [7, 11) is 0. The molecule has 2 nitrogen and oxygen atoms in total. The molecule has 0 atom stereocenters. The molecular weight excluding hydrogens is 300 g/mol. The van der Waals surface area contributed by atoms with E-state index in [0.717, 1.165) is 15.7 Å². The van der Waals surface area contributed by atoms with Gasteiger partial charge < -0.3 is 4.57 Å². The molecule has 0 aliphatic heterocycles. The van der Waals surface area contributed by atoms with Gasteiger partial charge in [0.15, 0.2) is 0 Å². The lowest BCUT2D eigenvalue weighted by Crippen LogP contribution is -1.95. The Hall–Kier alpha value is -2.05. The van der Waals surface area contributed by atoms with Gasteiger partial charge in [0.05, 0.1) is 17.1 Å². The number of nitrogens with zero attached hydrogens (tertiary/aromatic N) is 2. The molecule has 0 N–H and O–H groups in total. The lowest BCUT2D eigenvalue weighted by atomic mass is 10.2. The summed E-state index contributed by atoms with van der Waals surface area (Å²) < 4.78 is 3.26. The first kappa shape index (κ1) is 12.0. The highest BCUT2D eigenvalue weighted by atomic mass is 79.9. The Morgan fingerprint density at radius 2 is 1.79 bits per heavy atom. The van der Waals surface area contributed by atoms with Gasteiger partial charge in [-0.3, -0.25) is 0 Å². The first-order valence-corrected chi connectivity index (χ1v) is 6.76. The van der Waals surface area contributed by atoms with Crippen molar-refractivity contribution in [2.75, 3.05) is 0 Å². The molecule has 3 rings (SSSR count). The predicted molar refractivity (Wildman–Crippen MR) is 80.4 cm³/mol. The second kappa shape index (κ2) is 4.56. The lowest BCUT2D eigenvalue weighted by Gasteiger charge is -2.08. The first-order chi connectivity index (χ1) is 9.19. The minimum Gasteiger partial charge on any atom is -0.314 e. The number of aryl methyl sites for hydroxylation is 1. The van der Waals surface area contributed by atoms with Crippen molar-refractivity contribution in [1.82, 2.24) is 4.57 Å². The molecule has 92 valence electrons. The summed E-state index contributed by atoms with van der Waals surface area (Å²) in [6.07, 6.45) is 0. The summed E-state index contributed by atoms with van der Waals surface area (Å²) in [6.45, 7) is 2.09. The highest BCUT2D eigenvalue weighted by molar-refractivity contribution is 9.10. The Morgan fingerprint density at radius 3 is 2.47 bits per heavy atom. The van der Waals surface area contributed by atoms with Crippen LogP contribution < -0.4 is 0 Å². The Balaban J connectivity index is 2.26. The van der Waals surface area contributed by atoms with Crippen molar-refractivity contribution in [3.05, 3.63) is 64.3 Å². The Labute approximate surface area is 120 Å². The molecule has 0 aliphatic carbocycles. The maximum atomic E-state index is 8.86. The molecule has 3 heteroatoms. The molecule has 0 unspecified atom stereocenters. The van der Waals surface area contributed by atoms with E-state index >= 15 is 0 Å². The summed E-state index contributed by atoms with van der Waals surface area (Å²) in [5.74, 6) is 0. The number of rotatable bonds is 1. The number of hydrogen-bond acceptors (Lipinski definition) is 1. The molecule has 2 aromatic carbocycles. The van der Waals surface area contributed by atoms with Crippen molar-refractivity contribution in [2.45, 2.75) is 6.92 Å². The summed E-state index contributed by atoms with van der Waals surface area (Å²) in [5, 5.41) is 10.1. The average Bonchev–Trinajstić information content (AvgIpc) is 2.74. The number of aromatic nitrogens is 1. The van der Waals surface area contributed by atoms with E-state index in [9.17, 15) is 0 Å². The molecule has 0 saturated carbocycles. The van der Waals surface area contributed by atoms with E-state index in [1.807, 2.05) is 30.3 Å². The van der Waals surface area contributed by atoms with E-state index in [-0.39, 0.29) is 0 Å². The number of halogens is 1. The van der Waals surface area contributed by atoms with Gasteiger partial charge in [0.1, 0.15) is 0 Å². The van der Waals surface area contributed by atoms with E-state index in [1.54, 1.807) is 0 Å². The Morgan fingerprint density at radius 1 is 1.05 bits per heavy atom. The maximum absolute atomic E-state index is 8.86. The van der Waals surface area contributed by atoms with E-state index in [4.69, 9.17) is 5.26 Å². The van der Waals surface area contributed by atoms with Crippen molar-refractivity contribution in [3.8, 4) is 11.8 Å². The van der Waals surface area contributed by atoms with E-state index in [0.29, 0.717) is 5.56 Å². The predicted octanol–water partition coefficient (Wildman–Crippen LogP) is 4.57. The average molecular weight is 311 g/mol. The minimum atomic E-state index is 0.680. The molecule has 0 spiro atoms. The number of nitriles is 1. The molecule has 0 aliphatic rings. The van der Waals surface area contributed by atoms with Crippen LogP contribution in [0.3, 0.4) is 0 Å². The number of benzene rings is 2. The van der Waals surface area contributed by atoms with Gasteiger partial charge in [-0.2, -0.15) is 5.26 Å². The summed E-state index contributed by atoms with van der Waals surface area (Å²) in [5.41, 5.74) is 4.10. The second-order valence-corrected chi connectivity index (χ2v) is 5.40. The zero-order valence-electron chi connectivity index (χ0n) is 10.4. The van der Waals surface area contributed by atoms with Gasteiger partial charge in [0, 0.05) is 21.2 Å². The van der Waals surface area contributed by atoms with Crippen LogP contribution in [0.2, 0.25) is 0 Å². The molecule has 0 amide bonds. The summed E-state index contributed by atoms with van der Waals surface area (Å²) in [4.78, 5) is 0. The monoisotopic (exact) mass is 310 g/mol. The molecule has 3 aromatic rings. The van der Waals surface area contributed by atoms with Gasteiger partial charge >= 0.3 is 0 Å². The topological polar surface area (TPSA) is 28.7 Å². The van der Waals surface area contributed by atoms with Crippen LogP contribution in [0.1, 0.15) is 11.3 Å². The van der Waals surface area contributed by atoms with Gasteiger partial charge in [-0.1, -0.05) is 22.0 Å². The van der Waals surface area contributed by atoms with Crippen LogP contribution in [-0.2, 0) is 0 Å². The fourth-order valence-corrected chi connectivity index (χ4v) is 2.69. The minimum absolute atomic E-state index is 0.680. The zero-order valence-corrected chi connectivity index (χ0v) is 12.0. The van der Waals surface area contributed by atoms with E-state index in [2.05, 4.69) is 51.7 Å². The molecule has 0 bridgehead atoms. The smallest absolute Gasteiger partial charge is 0.0991 e. The van der Waals surface area contributed by atoms with Crippen LogP contribution in [-0.4, -0.2) is 4.57 Å². The van der Waals surface area contributed by atoms with Crippen LogP contribution in [0.15, 0.2) is 53.0 Å². The first-order valence-electron chi connectivity index (χ1n) is 5.97. The van der Waals surface area contributed by atoms with Crippen molar-refractivity contribution < 1.29 is 0 Å². The van der Waals surface area contributed by atoms with Gasteiger partial charge in [0.25, 0.3) is 0 Å². The van der Waals surface area contributed by atoms with Crippen LogP contribution in [0, 0.1) is 18.3 Å². The molecule has 0 fully saturated rings. The second-order valence-electron chi connectivity index (χ2n) is 4.48. The standard InChI is InChI=1S/C16H11BrN2/c1-11-8-13-4-5-14(17)9-16(13)19(11)15-6-2-12(10-18)3-7-15/h2-9H,1H3. The van der Waals surface area contributed by atoms with Gasteiger partial charge in [-0.05, 0) is 49.4 Å². The molecule has 0 radical (unpaired) electrons. The SMILES string of the molecule is Cc1cc2ccc(Br)cc2n1-c1ccc(C#N)cc1. The third kappa shape index (κ3) is 2.05. The van der Waals surface area contributed by atoms with Crippen LogP contribution in [0.25, 0.3) is 16.6 Å². The quantitative estimate of drug-likeness (QED) is 0.647. The number of fused-ring (bicyclic) bond motifs is 1. The molecule has 19 heavy (non-hydrogen) atoms. The third-order valence-electron chi connectivity index (χ3n) is 3.21. The Bertz CT molecular complexity index is 792. The molecule has 0 saturated heterocycles. The molecule has 1 heterocycles. The van der Waals surface area contributed by atoms with Crippen LogP contribution >= 0.6 is 15.9 Å². The summed E-state index contributed by atoms with van der Waals surface area (Å²) >= 11 is 3.51. The molecule has 1 aromatic heterocycles. The van der Waals surface area contributed by atoms with E-state index in [1.165, 1.54) is 11.1 Å². The fraction of sp³-hybridized carbons (Fsp3) is 0.0625. The van der Waals surface area contributed by atoms with Gasteiger partial charge in [-0.25, -0.2) is 0 Å². The van der Waals surface area contributed by atoms with Crippen LogP contribution in [0.4, 0.5) is 0 Å². The van der Waals surface area contributed by atoms with Crippen molar-refractivity contribution >= 4 is 26.8 Å². The Kier molecular flexibility index (Phi) is 2.88. The normalized spacial score (nSPS) is 10.6. The van der Waals surface area contributed by atoms with Gasteiger partial charge in [-0.15, -0.1) is 0 Å². The lowest BCUT2D eigenvalue weighted by molar-refractivity contribution is 1.05. The van der Waals surface area contributed by atoms with E-state index < -0.39 is 0 Å². The molecular formula is C16H11BrN2. The largest absolute Gasteiger partial charge is 0.314 e. The zero-order chi connectivity index (χ0) is 13.4. The maximum Gasteiger partial charge on any atom is 0.0991 e. The third-order valence-corrected chi connectivity index (χ3v) is 3.70. The number of hydrogen-bond donors (Lipinski definition) is 0. The summed E-state index contributed by atoms with van der Waals surface area (Å²) in [6, 6.07) is 18.2. The fourth-order valence-electron chi connectivity index (χ4n) is 2.34. The highest BCUT2D eigenvalue weighted by Crippen LogP contribution is 2.26. The van der Waals surface area contributed by atoms with Crippen molar-refractivity contribution in [2.24, 2.45) is 0 Å². The highest BCUT2D eigenvalue weighted by Gasteiger charge is 2.07. The van der Waals surface area contributed by atoms with Crippen molar-refractivity contribution in [1.29, 1.82) is 5.26 Å². The van der Waals surface area contributed by atoms with Crippen LogP contribution in [0.5, 0.6) is 0 Å². The van der Waals surface area contributed by atoms with Crippen molar-refractivity contribution in [3.63, 3.8) is 0 Å².